The molecule has 1 amide bonds. The summed E-state index contributed by atoms with van der Waals surface area (Å²) in [7, 11) is -0.872. The molecule has 1 aromatic rings. The van der Waals surface area contributed by atoms with E-state index in [2.05, 4.69) is 0 Å². The molecule has 0 saturated carbocycles. The molecule has 0 aliphatic carbocycles. The minimum atomic E-state index is -1.07. The number of carbonyl (C=O) groups excluding carboxylic acids is 1. The van der Waals surface area contributed by atoms with Crippen LogP contribution in [0.2, 0.25) is 6.82 Å². The van der Waals surface area contributed by atoms with Gasteiger partial charge in [0.1, 0.15) is 12.6 Å². The van der Waals surface area contributed by atoms with Crippen LogP contribution < -0.4 is 0 Å². The van der Waals surface area contributed by atoms with Crippen molar-refractivity contribution >= 4 is 19.1 Å². The Hall–Kier alpha value is -2.06. The Morgan fingerprint density at radius 3 is 2.59 bits per heavy atom. The summed E-state index contributed by atoms with van der Waals surface area (Å²) in [4.78, 5) is 26.1. The zero-order valence-electron chi connectivity index (χ0n) is 12.4. The quantitative estimate of drug-likeness (QED) is 0.788. The number of ether oxygens (including phenoxy) is 1. The van der Waals surface area contributed by atoms with Gasteiger partial charge in [-0.2, -0.15) is 0 Å². The van der Waals surface area contributed by atoms with Crippen molar-refractivity contribution in [1.82, 2.24) is 9.71 Å². The molecule has 0 spiro atoms. The number of aliphatic carboxylic acids is 1. The van der Waals surface area contributed by atoms with Crippen molar-refractivity contribution in [2.45, 2.75) is 19.5 Å². The average molecular weight is 306 g/mol. The van der Waals surface area contributed by atoms with Gasteiger partial charge in [0.05, 0.1) is 0 Å². The van der Waals surface area contributed by atoms with Crippen LogP contribution in [0, 0.1) is 0 Å². The van der Waals surface area contributed by atoms with Crippen molar-refractivity contribution in [3.63, 3.8) is 0 Å². The summed E-state index contributed by atoms with van der Waals surface area (Å²) in [5.41, 5.74) is 0.869. The van der Waals surface area contributed by atoms with Crippen LogP contribution in [-0.2, 0) is 16.1 Å². The molecule has 2 rings (SSSR count). The molecule has 1 fully saturated rings. The van der Waals surface area contributed by atoms with Crippen molar-refractivity contribution < 1.29 is 24.5 Å². The van der Waals surface area contributed by atoms with E-state index in [0.717, 1.165) is 5.56 Å². The van der Waals surface area contributed by atoms with Gasteiger partial charge < -0.3 is 24.6 Å². The predicted octanol–water partition coefficient (Wildman–Crippen LogP) is 0.504. The molecule has 8 heteroatoms. The first-order valence-corrected chi connectivity index (χ1v) is 7.11. The Morgan fingerprint density at radius 1 is 1.32 bits per heavy atom. The van der Waals surface area contributed by atoms with E-state index >= 15 is 0 Å². The lowest BCUT2D eigenvalue weighted by Gasteiger charge is -2.39. The summed E-state index contributed by atoms with van der Waals surface area (Å²) < 4.78 is 5.20. The number of carbonyl (C=O) groups is 2. The summed E-state index contributed by atoms with van der Waals surface area (Å²) in [6.07, 6.45) is -0.541. The lowest BCUT2D eigenvalue weighted by atomic mass is 9.82. The van der Waals surface area contributed by atoms with Crippen LogP contribution in [-0.4, -0.2) is 64.6 Å². The Morgan fingerprint density at radius 2 is 2.00 bits per heavy atom. The molecule has 1 heterocycles. The number of amides is 1. The second-order valence-corrected chi connectivity index (χ2v) is 5.21. The Bertz CT molecular complexity index is 525. The van der Waals surface area contributed by atoms with Crippen LogP contribution in [0.4, 0.5) is 4.79 Å². The van der Waals surface area contributed by atoms with Gasteiger partial charge in [0.15, 0.2) is 0 Å². The molecule has 118 valence electrons. The lowest BCUT2D eigenvalue weighted by molar-refractivity contribution is -0.143. The minimum Gasteiger partial charge on any atom is -0.480 e. The molecule has 1 aliphatic rings. The molecule has 7 nitrogen and oxygen atoms in total. The van der Waals surface area contributed by atoms with Crippen LogP contribution in [0.3, 0.4) is 0 Å². The van der Waals surface area contributed by atoms with Gasteiger partial charge in [-0.3, -0.25) is 4.79 Å². The van der Waals surface area contributed by atoms with E-state index in [0.29, 0.717) is 6.54 Å². The summed E-state index contributed by atoms with van der Waals surface area (Å²) in [5, 5.41) is 18.8. The highest BCUT2D eigenvalue weighted by atomic mass is 16.6. The maximum atomic E-state index is 12.0. The average Bonchev–Trinajstić information content (AvgIpc) is 2.52. The van der Waals surface area contributed by atoms with Gasteiger partial charge in [-0.25, -0.2) is 4.79 Å². The number of carboxylic acid groups (broad SMARTS) is 1. The molecular formula is C14H19BN2O5. The van der Waals surface area contributed by atoms with Crippen LogP contribution in [0.5, 0.6) is 0 Å². The Kier molecular flexibility index (Phi) is 5.40. The topological polar surface area (TPSA) is 90.3 Å². The number of piperazine rings is 1. The lowest BCUT2D eigenvalue weighted by Crippen LogP contribution is -2.61. The minimum absolute atomic E-state index is 0.00609. The van der Waals surface area contributed by atoms with E-state index in [-0.39, 0.29) is 19.7 Å². The van der Waals surface area contributed by atoms with Crippen molar-refractivity contribution in [3.05, 3.63) is 35.9 Å². The number of nitrogens with zero attached hydrogens (tertiary/aromatic N) is 2. The van der Waals surface area contributed by atoms with Crippen molar-refractivity contribution in [1.29, 1.82) is 0 Å². The molecule has 1 saturated heterocycles. The monoisotopic (exact) mass is 306 g/mol. The van der Waals surface area contributed by atoms with E-state index in [4.69, 9.17) is 4.74 Å². The smallest absolute Gasteiger partial charge is 0.410 e. The molecule has 1 aliphatic heterocycles. The number of rotatable bonds is 4. The van der Waals surface area contributed by atoms with Crippen LogP contribution >= 0.6 is 0 Å². The summed E-state index contributed by atoms with van der Waals surface area (Å²) in [6, 6.07) is 8.34. The molecule has 1 aromatic carbocycles. The normalized spacial score (nSPS) is 18.8. The second-order valence-electron chi connectivity index (χ2n) is 5.21. The number of carboxylic acids is 1. The maximum Gasteiger partial charge on any atom is 0.410 e. The second kappa shape index (κ2) is 7.28. The Labute approximate surface area is 129 Å². The van der Waals surface area contributed by atoms with Gasteiger partial charge >= 0.3 is 19.1 Å². The number of hydrogen-bond donors (Lipinski definition) is 2. The first kappa shape index (κ1) is 16.3. The highest BCUT2D eigenvalue weighted by Crippen LogP contribution is 2.13. The fraction of sp³-hybridized carbons (Fsp3) is 0.429. The molecule has 0 aromatic heterocycles. The zero-order valence-corrected chi connectivity index (χ0v) is 12.4. The van der Waals surface area contributed by atoms with E-state index in [1.807, 2.05) is 30.3 Å². The van der Waals surface area contributed by atoms with Crippen molar-refractivity contribution in [3.8, 4) is 0 Å². The number of benzene rings is 1. The van der Waals surface area contributed by atoms with Gasteiger partial charge in [-0.1, -0.05) is 30.3 Å². The highest BCUT2D eigenvalue weighted by Gasteiger charge is 2.37. The summed E-state index contributed by atoms with van der Waals surface area (Å²) in [5.74, 6) is -1.07. The summed E-state index contributed by atoms with van der Waals surface area (Å²) in [6.45, 7) is 2.26. The van der Waals surface area contributed by atoms with Crippen LogP contribution in [0.1, 0.15) is 5.56 Å². The van der Waals surface area contributed by atoms with E-state index in [9.17, 15) is 19.7 Å². The van der Waals surface area contributed by atoms with Gasteiger partial charge in [0, 0.05) is 19.6 Å². The molecule has 2 N–H and O–H groups in total. The third kappa shape index (κ3) is 3.99. The fourth-order valence-corrected chi connectivity index (χ4v) is 2.44. The molecule has 1 atom stereocenters. The molecular weight excluding hydrogens is 287 g/mol. The molecule has 22 heavy (non-hydrogen) atoms. The molecule has 0 radical (unpaired) electrons. The highest BCUT2D eigenvalue weighted by molar-refractivity contribution is 6.45. The van der Waals surface area contributed by atoms with E-state index in [1.54, 1.807) is 0 Å². The maximum absolute atomic E-state index is 12.0. The van der Waals surface area contributed by atoms with Crippen molar-refractivity contribution in [2.75, 3.05) is 19.6 Å². The third-order valence-electron chi connectivity index (χ3n) is 3.65. The largest absolute Gasteiger partial charge is 0.480 e. The predicted molar refractivity (Wildman–Crippen MR) is 80.2 cm³/mol. The SMILES string of the molecule is CB(O)N1CCN(C(=O)OCc2ccccc2)C[C@@H]1C(=O)O. The third-order valence-corrected chi connectivity index (χ3v) is 3.65. The van der Waals surface area contributed by atoms with Gasteiger partial charge in [-0.15, -0.1) is 0 Å². The number of hydrogen-bond acceptors (Lipinski definition) is 5. The Balaban J connectivity index is 1.92. The zero-order chi connectivity index (χ0) is 16.1. The first-order valence-electron chi connectivity index (χ1n) is 7.11. The van der Waals surface area contributed by atoms with Gasteiger partial charge in [0.2, 0.25) is 0 Å². The van der Waals surface area contributed by atoms with Crippen molar-refractivity contribution in [2.24, 2.45) is 0 Å². The molecule has 0 bridgehead atoms. The van der Waals surface area contributed by atoms with E-state index in [1.165, 1.54) is 16.5 Å². The molecule has 0 unspecified atom stereocenters. The summed E-state index contributed by atoms with van der Waals surface area (Å²) >= 11 is 0. The fourth-order valence-electron chi connectivity index (χ4n) is 2.44. The van der Waals surface area contributed by atoms with Gasteiger partial charge in [-0.05, 0) is 12.4 Å². The van der Waals surface area contributed by atoms with Crippen LogP contribution in [0.25, 0.3) is 0 Å². The first-order chi connectivity index (χ1) is 10.5. The van der Waals surface area contributed by atoms with Gasteiger partial charge in [0.25, 0.3) is 0 Å². The standard InChI is InChI=1S/C14H19BN2O5/c1-15(21)17-8-7-16(9-12(17)13(18)19)14(20)22-10-11-5-3-2-4-6-11/h2-6,12,21H,7-10H2,1H3,(H,18,19)/t12-/m1/s1. The van der Waals surface area contributed by atoms with Crippen LogP contribution in [0.15, 0.2) is 30.3 Å². The van der Waals surface area contributed by atoms with E-state index < -0.39 is 25.2 Å².